The van der Waals surface area contributed by atoms with Gasteiger partial charge in [0.2, 0.25) is 0 Å². The molecule has 107 valence electrons. The standard InChI is InChI=1S/C20H16NO/c1-16-12-14-19(15-13-16)21(18-10-6-3-7-11-18)20(22)17-8-4-2-5-9-17/h2,4-15H,1H3. The lowest BCUT2D eigenvalue weighted by Crippen LogP contribution is -2.25. The second kappa shape index (κ2) is 6.27. The summed E-state index contributed by atoms with van der Waals surface area (Å²) in [6, 6.07) is 27.7. The van der Waals surface area contributed by atoms with Crippen LogP contribution < -0.4 is 4.90 Å². The Kier molecular flexibility index (Phi) is 4.01. The third-order valence-corrected chi connectivity index (χ3v) is 3.47. The number of anilines is 2. The fraction of sp³-hybridized carbons (Fsp3) is 0.0500. The van der Waals surface area contributed by atoms with Crippen LogP contribution in [0.3, 0.4) is 0 Å². The van der Waals surface area contributed by atoms with Gasteiger partial charge in [-0.05, 0) is 49.4 Å². The smallest absolute Gasteiger partial charge is 0.262 e. The molecule has 0 N–H and O–H groups in total. The Morgan fingerprint density at radius 3 is 2.05 bits per heavy atom. The van der Waals surface area contributed by atoms with Gasteiger partial charge in [0.1, 0.15) is 0 Å². The maximum absolute atomic E-state index is 12.9. The number of nitrogens with zero attached hydrogens (tertiary/aromatic N) is 1. The van der Waals surface area contributed by atoms with Crippen LogP contribution in [0.5, 0.6) is 0 Å². The minimum Gasteiger partial charge on any atom is -0.277 e. The number of hydrogen-bond donors (Lipinski definition) is 0. The molecule has 2 nitrogen and oxygen atoms in total. The topological polar surface area (TPSA) is 20.3 Å². The highest BCUT2D eigenvalue weighted by molar-refractivity contribution is 6.10. The molecule has 1 amide bonds. The first-order valence-corrected chi connectivity index (χ1v) is 7.18. The van der Waals surface area contributed by atoms with E-state index >= 15 is 0 Å². The predicted molar refractivity (Wildman–Crippen MR) is 89.4 cm³/mol. The summed E-state index contributed by atoms with van der Waals surface area (Å²) in [4.78, 5) is 14.7. The molecular weight excluding hydrogens is 270 g/mol. The van der Waals surface area contributed by atoms with Crippen molar-refractivity contribution in [3.63, 3.8) is 0 Å². The average molecular weight is 286 g/mol. The number of benzene rings is 3. The van der Waals surface area contributed by atoms with E-state index < -0.39 is 0 Å². The summed E-state index contributed by atoms with van der Waals surface area (Å²) >= 11 is 0. The molecule has 0 bridgehead atoms. The Morgan fingerprint density at radius 2 is 1.41 bits per heavy atom. The number of rotatable bonds is 3. The van der Waals surface area contributed by atoms with Gasteiger partial charge >= 0.3 is 0 Å². The monoisotopic (exact) mass is 286 g/mol. The molecule has 1 radical (unpaired) electrons. The zero-order valence-corrected chi connectivity index (χ0v) is 12.4. The van der Waals surface area contributed by atoms with Crippen LogP contribution in [-0.4, -0.2) is 5.91 Å². The normalized spacial score (nSPS) is 10.2. The molecule has 0 fully saturated rings. The maximum Gasteiger partial charge on any atom is 0.262 e. The molecule has 0 heterocycles. The lowest BCUT2D eigenvalue weighted by Gasteiger charge is -2.23. The van der Waals surface area contributed by atoms with Gasteiger partial charge in [-0.1, -0.05) is 48.0 Å². The van der Waals surface area contributed by atoms with Crippen molar-refractivity contribution in [3.8, 4) is 0 Å². The predicted octanol–water partition coefficient (Wildman–Crippen LogP) is 4.77. The SMILES string of the molecule is Cc1ccc(N(C(=O)c2ccccc2)c2cc[c]cc2)cc1. The molecule has 0 saturated heterocycles. The van der Waals surface area contributed by atoms with Gasteiger partial charge in [0.15, 0.2) is 0 Å². The summed E-state index contributed by atoms with van der Waals surface area (Å²) in [7, 11) is 0. The first-order valence-electron chi connectivity index (χ1n) is 7.18. The number of amides is 1. The molecule has 0 spiro atoms. The van der Waals surface area contributed by atoms with Gasteiger partial charge in [0.25, 0.3) is 5.91 Å². The molecule has 0 saturated carbocycles. The van der Waals surface area contributed by atoms with Crippen molar-refractivity contribution < 1.29 is 4.79 Å². The molecule has 22 heavy (non-hydrogen) atoms. The Labute approximate surface area is 130 Å². The van der Waals surface area contributed by atoms with Gasteiger partial charge in [0.05, 0.1) is 0 Å². The quantitative estimate of drug-likeness (QED) is 0.679. The highest BCUT2D eigenvalue weighted by atomic mass is 16.2. The Morgan fingerprint density at radius 1 is 0.818 bits per heavy atom. The number of carbonyl (C=O) groups excluding carboxylic acids is 1. The van der Waals surface area contributed by atoms with E-state index in [-0.39, 0.29) is 5.91 Å². The van der Waals surface area contributed by atoms with E-state index in [1.54, 1.807) is 4.90 Å². The van der Waals surface area contributed by atoms with Crippen LogP contribution >= 0.6 is 0 Å². The molecule has 0 aromatic heterocycles. The van der Waals surface area contributed by atoms with Crippen LogP contribution in [0.2, 0.25) is 0 Å². The van der Waals surface area contributed by atoms with Crippen molar-refractivity contribution in [1.29, 1.82) is 0 Å². The summed E-state index contributed by atoms with van der Waals surface area (Å²) in [6.45, 7) is 2.03. The van der Waals surface area contributed by atoms with Crippen molar-refractivity contribution in [2.75, 3.05) is 4.90 Å². The molecule has 2 heteroatoms. The van der Waals surface area contributed by atoms with Crippen LogP contribution in [0.1, 0.15) is 15.9 Å². The Hall–Kier alpha value is -2.87. The fourth-order valence-electron chi connectivity index (χ4n) is 2.31. The summed E-state index contributed by atoms with van der Waals surface area (Å²) < 4.78 is 0. The van der Waals surface area contributed by atoms with Crippen LogP contribution in [0.15, 0.2) is 78.9 Å². The van der Waals surface area contributed by atoms with Crippen LogP contribution in [0.4, 0.5) is 11.4 Å². The molecule has 0 unspecified atom stereocenters. The first kappa shape index (κ1) is 14.1. The van der Waals surface area contributed by atoms with E-state index in [1.165, 1.54) is 0 Å². The average Bonchev–Trinajstić information content (AvgIpc) is 2.58. The molecule has 0 atom stereocenters. The molecule has 0 aliphatic carbocycles. The largest absolute Gasteiger partial charge is 0.277 e. The maximum atomic E-state index is 12.9. The minimum atomic E-state index is -0.0457. The summed E-state index contributed by atoms with van der Waals surface area (Å²) in [5.41, 5.74) is 3.51. The molecule has 3 aromatic carbocycles. The highest BCUT2D eigenvalue weighted by Crippen LogP contribution is 2.27. The number of hydrogen-bond acceptors (Lipinski definition) is 1. The van der Waals surface area contributed by atoms with Crippen LogP contribution in [0.25, 0.3) is 0 Å². The summed E-state index contributed by atoms with van der Waals surface area (Å²) in [5, 5.41) is 0. The van der Waals surface area contributed by atoms with Gasteiger partial charge < -0.3 is 0 Å². The second-order valence-electron chi connectivity index (χ2n) is 5.10. The highest BCUT2D eigenvalue weighted by Gasteiger charge is 2.19. The zero-order chi connectivity index (χ0) is 15.4. The fourth-order valence-corrected chi connectivity index (χ4v) is 2.31. The van der Waals surface area contributed by atoms with E-state index in [9.17, 15) is 4.79 Å². The summed E-state index contributed by atoms with van der Waals surface area (Å²) in [6.07, 6.45) is 0. The van der Waals surface area contributed by atoms with E-state index in [2.05, 4.69) is 6.07 Å². The molecule has 0 aliphatic heterocycles. The number of aryl methyl sites for hydroxylation is 1. The van der Waals surface area contributed by atoms with Crippen molar-refractivity contribution in [2.45, 2.75) is 6.92 Å². The minimum absolute atomic E-state index is 0.0457. The van der Waals surface area contributed by atoms with Gasteiger partial charge in [-0.15, -0.1) is 0 Å². The molecule has 3 aromatic rings. The van der Waals surface area contributed by atoms with Gasteiger partial charge in [-0.2, -0.15) is 0 Å². The van der Waals surface area contributed by atoms with E-state index in [0.29, 0.717) is 5.56 Å². The second-order valence-corrected chi connectivity index (χ2v) is 5.10. The third kappa shape index (κ3) is 2.91. The van der Waals surface area contributed by atoms with E-state index in [4.69, 9.17) is 0 Å². The first-order chi connectivity index (χ1) is 10.8. The number of carbonyl (C=O) groups is 1. The van der Waals surface area contributed by atoms with Gasteiger partial charge in [-0.25, -0.2) is 0 Å². The lowest BCUT2D eigenvalue weighted by atomic mass is 10.1. The Balaban J connectivity index is 2.07. The van der Waals surface area contributed by atoms with Crippen molar-refractivity contribution in [3.05, 3.63) is 96.1 Å². The van der Waals surface area contributed by atoms with Crippen molar-refractivity contribution >= 4 is 17.3 Å². The lowest BCUT2D eigenvalue weighted by molar-refractivity contribution is 0.0999. The van der Waals surface area contributed by atoms with Gasteiger partial charge in [0, 0.05) is 16.9 Å². The van der Waals surface area contributed by atoms with Crippen LogP contribution in [-0.2, 0) is 0 Å². The summed E-state index contributed by atoms with van der Waals surface area (Å²) in [5.74, 6) is -0.0457. The molecule has 0 aliphatic rings. The molecular formula is C20H16NO. The molecule has 3 rings (SSSR count). The third-order valence-electron chi connectivity index (χ3n) is 3.47. The van der Waals surface area contributed by atoms with Crippen LogP contribution in [0, 0.1) is 13.0 Å². The van der Waals surface area contributed by atoms with Crippen molar-refractivity contribution in [2.24, 2.45) is 0 Å². The zero-order valence-electron chi connectivity index (χ0n) is 12.4. The van der Waals surface area contributed by atoms with Crippen molar-refractivity contribution in [1.82, 2.24) is 0 Å². The van der Waals surface area contributed by atoms with E-state index in [0.717, 1.165) is 16.9 Å². The van der Waals surface area contributed by atoms with Gasteiger partial charge in [-0.3, -0.25) is 9.69 Å². The Bertz CT molecular complexity index is 749. The van der Waals surface area contributed by atoms with E-state index in [1.807, 2.05) is 85.8 Å².